The van der Waals surface area contributed by atoms with Crippen molar-refractivity contribution in [1.29, 1.82) is 0 Å². The first-order valence-corrected chi connectivity index (χ1v) is 6.32. The Morgan fingerprint density at radius 2 is 1.95 bits per heavy atom. The zero-order chi connectivity index (χ0) is 15.4. The van der Waals surface area contributed by atoms with E-state index in [1.54, 1.807) is 18.2 Å². The molecule has 2 rings (SSSR count). The summed E-state index contributed by atoms with van der Waals surface area (Å²) in [6.07, 6.45) is 0. The molecular formula is C14H12ClNO5. The Labute approximate surface area is 125 Å². The van der Waals surface area contributed by atoms with Gasteiger partial charge < -0.3 is 14.6 Å². The van der Waals surface area contributed by atoms with Crippen molar-refractivity contribution in [2.45, 2.75) is 6.61 Å². The summed E-state index contributed by atoms with van der Waals surface area (Å²) in [6, 6.07) is 8.94. The van der Waals surface area contributed by atoms with E-state index in [1.165, 1.54) is 25.3 Å². The van der Waals surface area contributed by atoms with Gasteiger partial charge in [-0.3, -0.25) is 10.1 Å². The molecule has 2 aromatic rings. The van der Waals surface area contributed by atoms with Gasteiger partial charge in [0.1, 0.15) is 11.5 Å². The van der Waals surface area contributed by atoms with Crippen LogP contribution in [-0.4, -0.2) is 17.1 Å². The zero-order valence-electron chi connectivity index (χ0n) is 11.1. The van der Waals surface area contributed by atoms with Crippen molar-refractivity contribution in [3.63, 3.8) is 0 Å². The minimum absolute atomic E-state index is 0.0774. The van der Waals surface area contributed by atoms with Crippen molar-refractivity contribution in [1.82, 2.24) is 0 Å². The maximum Gasteiger partial charge on any atom is 0.315 e. The molecule has 0 fully saturated rings. The van der Waals surface area contributed by atoms with E-state index in [1.807, 2.05) is 0 Å². The van der Waals surface area contributed by atoms with Gasteiger partial charge in [0.25, 0.3) is 0 Å². The molecule has 0 aliphatic heterocycles. The second-order valence-corrected chi connectivity index (χ2v) is 4.51. The van der Waals surface area contributed by atoms with Crippen LogP contribution in [0.2, 0.25) is 5.02 Å². The molecule has 2 aromatic carbocycles. The van der Waals surface area contributed by atoms with Crippen molar-refractivity contribution in [3.05, 3.63) is 57.1 Å². The fourth-order valence-electron chi connectivity index (χ4n) is 1.70. The fourth-order valence-corrected chi connectivity index (χ4v) is 1.93. The van der Waals surface area contributed by atoms with E-state index in [-0.39, 0.29) is 18.0 Å². The summed E-state index contributed by atoms with van der Waals surface area (Å²) >= 11 is 5.95. The summed E-state index contributed by atoms with van der Waals surface area (Å²) in [5.41, 5.74) is 0.338. The first-order valence-electron chi connectivity index (χ1n) is 5.94. The average molecular weight is 310 g/mol. The third-order valence-electron chi connectivity index (χ3n) is 2.79. The van der Waals surface area contributed by atoms with E-state index >= 15 is 0 Å². The predicted molar refractivity (Wildman–Crippen MR) is 77.1 cm³/mol. The van der Waals surface area contributed by atoms with Crippen LogP contribution >= 0.6 is 11.6 Å². The van der Waals surface area contributed by atoms with Crippen LogP contribution in [-0.2, 0) is 6.61 Å². The lowest BCUT2D eigenvalue weighted by Crippen LogP contribution is -1.95. The summed E-state index contributed by atoms with van der Waals surface area (Å²) in [5, 5.41) is 20.4. The number of nitro benzene ring substituents is 1. The minimum atomic E-state index is -0.554. The van der Waals surface area contributed by atoms with Gasteiger partial charge in [0, 0.05) is 5.02 Å². The zero-order valence-corrected chi connectivity index (χ0v) is 11.8. The number of halogens is 1. The number of aliphatic hydroxyl groups is 1. The Bertz CT molecular complexity index is 674. The number of aliphatic hydroxyl groups excluding tert-OH is 1. The first-order chi connectivity index (χ1) is 10.0. The highest BCUT2D eigenvalue weighted by Crippen LogP contribution is 2.35. The number of ether oxygens (including phenoxy) is 2. The third-order valence-corrected chi connectivity index (χ3v) is 3.14. The van der Waals surface area contributed by atoms with E-state index in [2.05, 4.69) is 0 Å². The largest absolute Gasteiger partial charge is 0.496 e. The molecule has 0 aliphatic carbocycles. The van der Waals surface area contributed by atoms with Gasteiger partial charge in [-0.25, -0.2) is 0 Å². The van der Waals surface area contributed by atoms with Gasteiger partial charge in [0.05, 0.1) is 24.7 Å². The van der Waals surface area contributed by atoms with Gasteiger partial charge in [0.15, 0.2) is 0 Å². The molecule has 0 unspecified atom stereocenters. The van der Waals surface area contributed by atoms with Crippen LogP contribution in [0, 0.1) is 10.1 Å². The molecule has 1 N–H and O–H groups in total. The van der Waals surface area contributed by atoms with Crippen molar-refractivity contribution in [2.75, 3.05) is 7.11 Å². The standard InChI is InChI=1S/C14H12ClNO5/c1-20-10-4-5-14(13(7-10)16(18)19)21-11-3-2-9(8-17)12(15)6-11/h2-7,17H,8H2,1H3. The molecule has 21 heavy (non-hydrogen) atoms. The van der Waals surface area contributed by atoms with Crippen molar-refractivity contribution in [2.24, 2.45) is 0 Å². The van der Waals surface area contributed by atoms with Crippen LogP contribution < -0.4 is 9.47 Å². The second kappa shape index (κ2) is 6.43. The maximum absolute atomic E-state index is 11.1. The number of rotatable bonds is 5. The van der Waals surface area contributed by atoms with Crippen LogP contribution in [0.1, 0.15) is 5.56 Å². The van der Waals surface area contributed by atoms with E-state index < -0.39 is 4.92 Å². The van der Waals surface area contributed by atoms with Crippen molar-refractivity contribution >= 4 is 17.3 Å². The number of methoxy groups -OCH3 is 1. The normalized spacial score (nSPS) is 10.2. The predicted octanol–water partition coefficient (Wildman–Crippen LogP) is 3.54. The van der Waals surface area contributed by atoms with E-state index in [4.69, 9.17) is 26.2 Å². The van der Waals surface area contributed by atoms with Crippen LogP contribution in [0.5, 0.6) is 17.2 Å². The molecule has 0 aliphatic rings. The van der Waals surface area contributed by atoms with Gasteiger partial charge in [0.2, 0.25) is 5.75 Å². The Morgan fingerprint density at radius 1 is 1.24 bits per heavy atom. The molecule has 110 valence electrons. The molecule has 0 amide bonds. The van der Waals surface area contributed by atoms with Crippen molar-refractivity contribution < 1.29 is 19.5 Å². The van der Waals surface area contributed by atoms with E-state index in [0.29, 0.717) is 22.1 Å². The number of hydrogen-bond donors (Lipinski definition) is 1. The van der Waals surface area contributed by atoms with Crippen LogP contribution in [0.3, 0.4) is 0 Å². The van der Waals surface area contributed by atoms with Crippen LogP contribution in [0.4, 0.5) is 5.69 Å². The Hall–Kier alpha value is -2.31. The average Bonchev–Trinajstić information content (AvgIpc) is 2.47. The Kier molecular flexibility index (Phi) is 4.62. The molecule has 0 aromatic heterocycles. The summed E-state index contributed by atoms with van der Waals surface area (Å²) in [7, 11) is 1.42. The minimum Gasteiger partial charge on any atom is -0.496 e. The summed E-state index contributed by atoms with van der Waals surface area (Å²) in [5.74, 6) is 0.779. The van der Waals surface area contributed by atoms with E-state index in [9.17, 15) is 10.1 Å². The Morgan fingerprint density at radius 3 is 2.52 bits per heavy atom. The molecular weight excluding hydrogens is 298 g/mol. The van der Waals surface area contributed by atoms with E-state index in [0.717, 1.165) is 0 Å². The highest BCUT2D eigenvalue weighted by Gasteiger charge is 2.17. The highest BCUT2D eigenvalue weighted by atomic mass is 35.5. The second-order valence-electron chi connectivity index (χ2n) is 4.10. The molecule has 7 heteroatoms. The summed E-state index contributed by atoms with van der Waals surface area (Å²) < 4.78 is 10.4. The molecule has 0 radical (unpaired) electrons. The molecule has 0 spiro atoms. The fraction of sp³-hybridized carbons (Fsp3) is 0.143. The maximum atomic E-state index is 11.1. The van der Waals surface area contributed by atoms with Gasteiger partial charge in [-0.2, -0.15) is 0 Å². The molecule has 0 saturated carbocycles. The summed E-state index contributed by atoms with van der Waals surface area (Å²) in [4.78, 5) is 10.5. The van der Waals surface area contributed by atoms with Crippen LogP contribution in [0.25, 0.3) is 0 Å². The van der Waals surface area contributed by atoms with Crippen LogP contribution in [0.15, 0.2) is 36.4 Å². The number of nitro groups is 1. The van der Waals surface area contributed by atoms with Gasteiger partial charge >= 0.3 is 5.69 Å². The molecule has 0 bridgehead atoms. The Balaban J connectivity index is 2.35. The number of hydrogen-bond acceptors (Lipinski definition) is 5. The number of nitrogens with zero attached hydrogens (tertiary/aromatic N) is 1. The number of benzene rings is 2. The quantitative estimate of drug-likeness (QED) is 0.674. The lowest BCUT2D eigenvalue weighted by Gasteiger charge is -2.09. The van der Waals surface area contributed by atoms with Crippen molar-refractivity contribution in [3.8, 4) is 17.2 Å². The molecule has 0 saturated heterocycles. The highest BCUT2D eigenvalue weighted by molar-refractivity contribution is 6.31. The SMILES string of the molecule is COc1ccc(Oc2ccc(CO)c(Cl)c2)c([N+](=O)[O-])c1. The van der Waals surface area contributed by atoms with Gasteiger partial charge in [-0.15, -0.1) is 0 Å². The van der Waals surface area contributed by atoms with Gasteiger partial charge in [-0.05, 0) is 29.8 Å². The summed E-state index contributed by atoms with van der Waals surface area (Å²) in [6.45, 7) is -0.193. The lowest BCUT2D eigenvalue weighted by atomic mass is 10.2. The molecule has 0 heterocycles. The smallest absolute Gasteiger partial charge is 0.315 e. The monoisotopic (exact) mass is 309 g/mol. The van der Waals surface area contributed by atoms with Gasteiger partial charge in [-0.1, -0.05) is 17.7 Å². The first kappa shape index (κ1) is 15.1. The third kappa shape index (κ3) is 3.42. The molecule has 6 nitrogen and oxygen atoms in total. The lowest BCUT2D eigenvalue weighted by molar-refractivity contribution is -0.385. The molecule has 0 atom stereocenters. The topological polar surface area (TPSA) is 81.8 Å².